The van der Waals surface area contributed by atoms with Gasteiger partial charge in [0.1, 0.15) is 0 Å². The smallest absolute Gasteiger partial charge is 0.435 e. The van der Waals surface area contributed by atoms with Gasteiger partial charge in [0.05, 0.1) is 19.5 Å². The largest absolute Gasteiger partial charge is 0.521 e. The van der Waals surface area contributed by atoms with Gasteiger partial charge in [0.2, 0.25) is 0 Å². The molecule has 2 amide bonds. The van der Waals surface area contributed by atoms with E-state index in [4.69, 9.17) is 0 Å². The van der Waals surface area contributed by atoms with Gasteiger partial charge in [0, 0.05) is 12.8 Å². The number of rotatable bonds is 4. The van der Waals surface area contributed by atoms with Crippen molar-refractivity contribution in [2.24, 2.45) is 0 Å². The topological polar surface area (TPSA) is 54.4 Å². The Bertz CT molecular complexity index is 719. The lowest BCUT2D eigenvalue weighted by atomic mass is 9.88. The summed E-state index contributed by atoms with van der Waals surface area (Å²) in [5.74, 6) is 0.164. The third-order valence-electron chi connectivity index (χ3n) is 5.30. The molecule has 4 heteroatoms. The Morgan fingerprint density at radius 2 is 1.48 bits per heavy atom. The molecule has 0 saturated carbocycles. The number of hydrogen-bond donors (Lipinski definition) is 1. The van der Waals surface area contributed by atoms with Crippen molar-refractivity contribution in [2.75, 3.05) is 13.1 Å². The normalized spacial score (nSPS) is 23.1. The molecule has 0 aromatic heterocycles. The highest BCUT2D eigenvalue weighted by Crippen LogP contribution is 2.32. The number of hydrogen-bond acceptors (Lipinski definition) is 2. The first-order valence-electron chi connectivity index (χ1n) is 8.85. The number of likely N-dealkylation sites (tertiary alicyclic amines) is 1. The maximum atomic E-state index is 12.8. The molecule has 4 nitrogen and oxygen atoms in total. The van der Waals surface area contributed by atoms with Crippen molar-refractivity contribution in [1.29, 1.82) is 0 Å². The summed E-state index contributed by atoms with van der Waals surface area (Å²) in [6.45, 7) is 0.755. The molecule has 0 radical (unpaired) electrons. The summed E-state index contributed by atoms with van der Waals surface area (Å²) in [6, 6.07) is 19.9. The van der Waals surface area contributed by atoms with Crippen LogP contribution in [-0.2, 0) is 11.2 Å². The lowest BCUT2D eigenvalue weighted by Crippen LogP contribution is -2.60. The van der Waals surface area contributed by atoms with Crippen LogP contribution in [0.3, 0.4) is 0 Å². The van der Waals surface area contributed by atoms with Crippen LogP contribution in [0, 0.1) is 0 Å². The summed E-state index contributed by atoms with van der Waals surface area (Å²) in [5, 5.41) is 9.76. The molecule has 1 saturated heterocycles. The van der Waals surface area contributed by atoms with Crippen LogP contribution in [0.1, 0.15) is 36.3 Å². The molecule has 0 spiro atoms. The Labute approximate surface area is 148 Å². The molecule has 1 aliphatic heterocycles. The number of quaternary nitrogens is 1. The van der Waals surface area contributed by atoms with E-state index in [0.717, 1.165) is 18.4 Å². The second-order valence-corrected chi connectivity index (χ2v) is 6.76. The molecular weight excluding hydrogens is 314 g/mol. The lowest BCUT2D eigenvalue weighted by molar-refractivity contribution is -0.788. The van der Waals surface area contributed by atoms with Crippen molar-refractivity contribution in [1.82, 2.24) is 0 Å². The molecule has 0 bridgehead atoms. The average Bonchev–Trinajstić information content (AvgIpc) is 2.67. The molecule has 2 aromatic carbocycles. The molecule has 1 heterocycles. The molecule has 130 valence electrons. The van der Waals surface area contributed by atoms with Gasteiger partial charge in [-0.15, -0.1) is 0 Å². The van der Waals surface area contributed by atoms with Gasteiger partial charge in [-0.3, -0.25) is 0 Å². The zero-order chi connectivity index (χ0) is 17.7. The monoisotopic (exact) mass is 338 g/mol. The van der Waals surface area contributed by atoms with Crippen molar-refractivity contribution in [3.05, 3.63) is 71.8 Å². The van der Waals surface area contributed by atoms with Gasteiger partial charge in [-0.1, -0.05) is 60.7 Å². The Balaban J connectivity index is 1.66. The van der Waals surface area contributed by atoms with Gasteiger partial charge in [-0.05, 0) is 23.5 Å². The predicted octanol–water partition coefficient (Wildman–Crippen LogP) is 4.22. The van der Waals surface area contributed by atoms with Crippen LogP contribution in [-0.4, -0.2) is 34.7 Å². The minimum atomic E-state index is -1.01. The van der Waals surface area contributed by atoms with Gasteiger partial charge >= 0.3 is 12.0 Å². The van der Waals surface area contributed by atoms with Crippen molar-refractivity contribution >= 4 is 12.0 Å². The molecule has 1 N–H and O–H groups in total. The number of aryl methyl sites for hydroxylation is 1. The number of carbonyl (C=O) groups excluding carboxylic acids is 1. The number of carboxylic acid groups (broad SMARTS) is 1. The van der Waals surface area contributed by atoms with Crippen LogP contribution in [0.2, 0.25) is 0 Å². The Morgan fingerprint density at radius 3 is 2.04 bits per heavy atom. The fraction of sp³-hybridized carbons (Fsp3) is 0.333. The third-order valence-corrected chi connectivity index (χ3v) is 5.30. The maximum Gasteiger partial charge on any atom is 0.521 e. The van der Waals surface area contributed by atoms with Crippen molar-refractivity contribution < 1.29 is 19.2 Å². The van der Waals surface area contributed by atoms with Crippen LogP contribution in [0.5, 0.6) is 0 Å². The Kier molecular flexibility index (Phi) is 5.29. The van der Waals surface area contributed by atoms with Crippen LogP contribution in [0.25, 0.3) is 0 Å². The standard InChI is InChI=1S/C21H23NO3/c23-20(12-11-17-7-3-1-4-8-17)22(21(24)25)15-13-19(14-16-22)18-9-5-2-6-10-18/h1-10,19H,11-16H2/p+1. The first-order chi connectivity index (χ1) is 12.1. The van der Waals surface area contributed by atoms with Gasteiger partial charge in [0.15, 0.2) is 0 Å². The van der Waals surface area contributed by atoms with Crippen molar-refractivity contribution in [3.8, 4) is 0 Å². The summed E-state index contributed by atoms with van der Waals surface area (Å²) in [5.41, 5.74) is 2.31. The highest BCUT2D eigenvalue weighted by atomic mass is 16.4. The number of piperidine rings is 1. The van der Waals surface area contributed by atoms with E-state index >= 15 is 0 Å². The lowest BCUT2D eigenvalue weighted by Gasteiger charge is -2.36. The summed E-state index contributed by atoms with van der Waals surface area (Å²) in [7, 11) is 0. The third kappa shape index (κ3) is 3.80. The van der Waals surface area contributed by atoms with Gasteiger partial charge in [-0.2, -0.15) is 9.28 Å². The fourth-order valence-corrected chi connectivity index (χ4v) is 3.72. The van der Waals surface area contributed by atoms with E-state index in [1.807, 2.05) is 48.5 Å². The van der Waals surface area contributed by atoms with Crippen LogP contribution >= 0.6 is 0 Å². The highest BCUT2D eigenvalue weighted by Gasteiger charge is 2.47. The Morgan fingerprint density at radius 1 is 0.920 bits per heavy atom. The van der Waals surface area contributed by atoms with E-state index in [0.29, 0.717) is 25.4 Å². The molecule has 1 aliphatic rings. The molecular formula is C21H24NO3+. The van der Waals surface area contributed by atoms with E-state index in [2.05, 4.69) is 12.1 Å². The second kappa shape index (κ2) is 7.62. The molecule has 2 aromatic rings. The van der Waals surface area contributed by atoms with E-state index in [1.54, 1.807) is 0 Å². The van der Waals surface area contributed by atoms with E-state index in [-0.39, 0.29) is 12.3 Å². The number of carbonyl (C=O) groups is 2. The van der Waals surface area contributed by atoms with Crippen LogP contribution < -0.4 is 0 Å². The summed E-state index contributed by atoms with van der Waals surface area (Å²) in [6.07, 6.45) is 1.31. The van der Waals surface area contributed by atoms with E-state index in [1.165, 1.54) is 5.56 Å². The summed E-state index contributed by atoms with van der Waals surface area (Å²) >= 11 is 0. The molecule has 0 aliphatic carbocycles. The van der Waals surface area contributed by atoms with E-state index in [9.17, 15) is 14.7 Å². The average molecular weight is 338 g/mol. The van der Waals surface area contributed by atoms with E-state index < -0.39 is 10.6 Å². The highest BCUT2D eigenvalue weighted by molar-refractivity contribution is 5.80. The molecule has 0 atom stereocenters. The predicted molar refractivity (Wildman–Crippen MR) is 96.2 cm³/mol. The SMILES string of the molecule is O=C(O)[N+]1(C(=O)CCc2ccccc2)CCC(c2ccccc2)CC1. The van der Waals surface area contributed by atoms with Crippen LogP contribution in [0.4, 0.5) is 4.79 Å². The summed E-state index contributed by atoms with van der Waals surface area (Å²) < 4.78 is -0.420. The number of benzene rings is 2. The number of amides is 2. The zero-order valence-electron chi connectivity index (χ0n) is 14.3. The van der Waals surface area contributed by atoms with Crippen molar-refractivity contribution in [3.63, 3.8) is 0 Å². The zero-order valence-corrected chi connectivity index (χ0v) is 14.3. The molecule has 1 fully saturated rings. The minimum absolute atomic E-state index is 0.178. The second-order valence-electron chi connectivity index (χ2n) is 6.76. The minimum Gasteiger partial charge on any atom is -0.435 e. The molecule has 0 unspecified atom stereocenters. The molecule has 3 rings (SSSR count). The maximum absolute atomic E-state index is 12.8. The Hall–Kier alpha value is -2.46. The first-order valence-corrected chi connectivity index (χ1v) is 8.85. The van der Waals surface area contributed by atoms with Gasteiger partial charge in [0.25, 0.3) is 0 Å². The van der Waals surface area contributed by atoms with Crippen molar-refractivity contribution in [2.45, 2.75) is 31.6 Å². The number of nitrogens with zero attached hydrogens (tertiary/aromatic N) is 1. The fourth-order valence-electron chi connectivity index (χ4n) is 3.72. The quantitative estimate of drug-likeness (QED) is 0.849. The number of imide groups is 1. The van der Waals surface area contributed by atoms with Crippen LogP contribution in [0.15, 0.2) is 60.7 Å². The van der Waals surface area contributed by atoms with Gasteiger partial charge < -0.3 is 5.11 Å². The first kappa shape index (κ1) is 17.4. The summed E-state index contributed by atoms with van der Waals surface area (Å²) in [4.78, 5) is 24.7. The van der Waals surface area contributed by atoms with Gasteiger partial charge in [-0.25, -0.2) is 4.79 Å². The molecule has 25 heavy (non-hydrogen) atoms.